The van der Waals surface area contributed by atoms with Gasteiger partial charge >= 0.3 is 12.1 Å². The molecule has 1 aliphatic heterocycles. The van der Waals surface area contributed by atoms with Crippen LogP contribution in [0, 0.1) is 5.41 Å². The minimum Gasteiger partial charge on any atom is -0.480 e. The maximum atomic E-state index is 13.4. The quantitative estimate of drug-likeness (QED) is 0.710. The molecule has 0 bridgehead atoms. The van der Waals surface area contributed by atoms with E-state index in [0.29, 0.717) is 18.9 Å². The Kier molecular flexibility index (Phi) is 5.06. The first-order valence-electron chi connectivity index (χ1n) is 8.42. The molecule has 0 unspecified atom stereocenters. The van der Waals surface area contributed by atoms with Gasteiger partial charge in [-0.3, -0.25) is 4.79 Å². The van der Waals surface area contributed by atoms with Crippen molar-refractivity contribution in [2.45, 2.75) is 48.5 Å². The van der Waals surface area contributed by atoms with E-state index in [4.69, 9.17) is 0 Å². The molecule has 1 aromatic rings. The van der Waals surface area contributed by atoms with Crippen LogP contribution < -0.4 is 0 Å². The van der Waals surface area contributed by atoms with E-state index in [1.54, 1.807) is 6.92 Å². The van der Waals surface area contributed by atoms with Gasteiger partial charge in [-0.2, -0.15) is 13.2 Å². The van der Waals surface area contributed by atoms with Gasteiger partial charge in [0, 0.05) is 16.4 Å². The predicted molar refractivity (Wildman–Crippen MR) is 95.2 cm³/mol. The average molecular weight is 484 g/mol. The smallest absolute Gasteiger partial charge is 0.417 e. The largest absolute Gasteiger partial charge is 0.480 e. The third kappa shape index (κ3) is 3.66. The fraction of sp³-hybridized carbons (Fsp3) is 0.529. The molecule has 1 saturated carbocycles. The van der Waals surface area contributed by atoms with Crippen LogP contribution in [0.25, 0.3) is 0 Å². The number of carboxylic acids is 1. The zero-order chi connectivity index (χ0) is 21.1. The van der Waals surface area contributed by atoms with Crippen molar-refractivity contribution in [3.05, 3.63) is 28.2 Å². The van der Waals surface area contributed by atoms with Gasteiger partial charge in [-0.15, -0.1) is 0 Å². The topological polar surface area (TPSA) is 91.8 Å². The highest BCUT2D eigenvalue weighted by Crippen LogP contribution is 2.48. The van der Waals surface area contributed by atoms with Crippen molar-refractivity contribution >= 4 is 37.6 Å². The lowest BCUT2D eigenvalue weighted by molar-refractivity contribution is -0.150. The van der Waals surface area contributed by atoms with E-state index in [2.05, 4.69) is 15.9 Å². The summed E-state index contributed by atoms with van der Waals surface area (Å²) in [5.41, 5.74) is -2.05. The summed E-state index contributed by atoms with van der Waals surface area (Å²) in [6, 6.07) is 1.32. The van der Waals surface area contributed by atoms with E-state index >= 15 is 0 Å². The normalized spacial score (nSPS) is 24.2. The van der Waals surface area contributed by atoms with Gasteiger partial charge in [-0.1, -0.05) is 22.9 Å². The molecule has 2 fully saturated rings. The number of likely N-dealkylation sites (tertiary alicyclic amines) is 1. The third-order valence-electron chi connectivity index (χ3n) is 5.32. The number of benzene rings is 1. The van der Waals surface area contributed by atoms with E-state index in [9.17, 15) is 36.3 Å². The van der Waals surface area contributed by atoms with E-state index < -0.39 is 68.0 Å². The minimum atomic E-state index is -4.91. The average Bonchev–Trinajstić information content (AvgIpc) is 3.17. The number of carboxylic acid groups (broad SMARTS) is 1. The highest BCUT2D eigenvalue weighted by atomic mass is 79.9. The number of halogens is 4. The molecule has 1 N–H and O–H groups in total. The summed E-state index contributed by atoms with van der Waals surface area (Å²) >= 11 is 2.90. The Labute approximate surface area is 167 Å². The Morgan fingerprint density at radius 2 is 1.89 bits per heavy atom. The van der Waals surface area contributed by atoms with Gasteiger partial charge in [0.1, 0.15) is 6.04 Å². The van der Waals surface area contributed by atoms with Crippen LogP contribution in [0.5, 0.6) is 0 Å². The second-order valence-corrected chi connectivity index (χ2v) is 10.5. The molecule has 1 aliphatic carbocycles. The zero-order valence-corrected chi connectivity index (χ0v) is 17.1. The first-order chi connectivity index (χ1) is 12.8. The Morgan fingerprint density at radius 3 is 2.39 bits per heavy atom. The van der Waals surface area contributed by atoms with Crippen molar-refractivity contribution in [3.63, 3.8) is 0 Å². The van der Waals surface area contributed by atoms with Gasteiger partial charge in [-0.05, 0) is 37.5 Å². The van der Waals surface area contributed by atoms with Crippen LogP contribution in [0.4, 0.5) is 13.2 Å². The Hall–Kier alpha value is -1.62. The summed E-state index contributed by atoms with van der Waals surface area (Å²) in [6.07, 6.45) is -4.23. The van der Waals surface area contributed by atoms with Crippen molar-refractivity contribution < 1.29 is 36.3 Å². The first-order valence-corrected chi connectivity index (χ1v) is 10.8. The highest BCUT2D eigenvalue weighted by molar-refractivity contribution is 9.10. The van der Waals surface area contributed by atoms with Crippen LogP contribution in [0.1, 0.15) is 31.7 Å². The summed E-state index contributed by atoms with van der Waals surface area (Å²) in [5.74, 6) is -1.84. The standard InChI is InChI=1S/C17H17BrF3NO5S/c1-16(4-5-16)15(25)22-8-10(7-12(22)14(23)24)28(26,27)13-3-2-9(18)6-11(13)17(19,20)21/h2-3,6,10,12H,4-5,7-8H2,1H3,(H,23,24)/t10-,12+/m1/s1. The monoisotopic (exact) mass is 483 g/mol. The van der Waals surface area contributed by atoms with Crippen LogP contribution in [-0.2, 0) is 25.6 Å². The maximum absolute atomic E-state index is 13.4. The number of aliphatic carboxylic acids is 1. The van der Waals surface area contributed by atoms with E-state index in [1.165, 1.54) is 6.07 Å². The molecule has 2 aliphatic rings. The lowest BCUT2D eigenvalue weighted by Crippen LogP contribution is -2.44. The molecule has 11 heteroatoms. The Morgan fingerprint density at radius 1 is 1.29 bits per heavy atom. The molecule has 0 aromatic heterocycles. The van der Waals surface area contributed by atoms with Gasteiger partial charge in [-0.25, -0.2) is 13.2 Å². The maximum Gasteiger partial charge on any atom is 0.417 e. The summed E-state index contributed by atoms with van der Waals surface area (Å²) in [5, 5.41) is 7.99. The van der Waals surface area contributed by atoms with Gasteiger partial charge in [0.05, 0.1) is 15.7 Å². The SMILES string of the molecule is CC1(C(=O)N2C[C@H](S(=O)(=O)c3ccc(Br)cc3C(F)(F)F)C[C@H]2C(=O)O)CC1. The van der Waals surface area contributed by atoms with Crippen molar-refractivity contribution in [1.82, 2.24) is 4.90 Å². The molecule has 1 heterocycles. The molecular weight excluding hydrogens is 467 g/mol. The number of alkyl halides is 3. The lowest BCUT2D eigenvalue weighted by Gasteiger charge is -2.24. The molecule has 154 valence electrons. The van der Waals surface area contributed by atoms with Crippen molar-refractivity contribution in [2.24, 2.45) is 5.41 Å². The van der Waals surface area contributed by atoms with Gasteiger partial charge in [0.15, 0.2) is 9.84 Å². The molecule has 1 aromatic carbocycles. The number of hydrogen-bond donors (Lipinski definition) is 1. The number of amides is 1. The van der Waals surface area contributed by atoms with Crippen LogP contribution >= 0.6 is 15.9 Å². The highest BCUT2D eigenvalue weighted by Gasteiger charge is 2.54. The molecule has 2 atom stereocenters. The first kappa shape index (κ1) is 21.1. The number of carbonyl (C=O) groups excluding carboxylic acids is 1. The van der Waals surface area contributed by atoms with Gasteiger partial charge < -0.3 is 10.0 Å². The second-order valence-electron chi connectivity index (χ2n) is 7.41. The predicted octanol–water partition coefficient (Wildman–Crippen LogP) is 3.10. The number of sulfone groups is 1. The summed E-state index contributed by atoms with van der Waals surface area (Å²) in [7, 11) is -4.53. The number of hydrogen-bond acceptors (Lipinski definition) is 4. The molecule has 0 spiro atoms. The summed E-state index contributed by atoms with van der Waals surface area (Å²) < 4.78 is 66.1. The fourth-order valence-electron chi connectivity index (χ4n) is 3.38. The molecule has 28 heavy (non-hydrogen) atoms. The lowest BCUT2D eigenvalue weighted by atomic mass is 10.1. The van der Waals surface area contributed by atoms with Crippen LogP contribution in [0.2, 0.25) is 0 Å². The van der Waals surface area contributed by atoms with Gasteiger partial charge in [0.2, 0.25) is 5.91 Å². The van der Waals surface area contributed by atoms with Crippen LogP contribution in [-0.4, -0.2) is 48.1 Å². The molecule has 3 rings (SSSR count). The number of rotatable bonds is 4. The summed E-state index contributed by atoms with van der Waals surface area (Å²) in [6.45, 7) is 1.22. The Balaban J connectivity index is 1.99. The van der Waals surface area contributed by atoms with Crippen molar-refractivity contribution in [1.29, 1.82) is 0 Å². The van der Waals surface area contributed by atoms with Gasteiger partial charge in [0.25, 0.3) is 0 Å². The van der Waals surface area contributed by atoms with E-state index in [0.717, 1.165) is 11.0 Å². The Bertz CT molecular complexity index is 943. The molecule has 1 amide bonds. The molecule has 0 radical (unpaired) electrons. The zero-order valence-electron chi connectivity index (χ0n) is 14.7. The summed E-state index contributed by atoms with van der Waals surface area (Å²) in [4.78, 5) is 24.3. The van der Waals surface area contributed by atoms with Crippen LogP contribution in [0.3, 0.4) is 0 Å². The minimum absolute atomic E-state index is 0.0621. The number of carbonyl (C=O) groups is 2. The van der Waals surface area contributed by atoms with Crippen LogP contribution in [0.15, 0.2) is 27.6 Å². The fourth-order valence-corrected chi connectivity index (χ4v) is 5.63. The van der Waals surface area contributed by atoms with E-state index in [-0.39, 0.29) is 4.47 Å². The van der Waals surface area contributed by atoms with E-state index in [1.807, 2.05) is 0 Å². The molecule has 6 nitrogen and oxygen atoms in total. The molecular formula is C17H17BrF3NO5S. The third-order valence-corrected chi connectivity index (χ3v) is 8.00. The van der Waals surface area contributed by atoms with Crippen molar-refractivity contribution in [3.8, 4) is 0 Å². The number of nitrogens with zero attached hydrogens (tertiary/aromatic N) is 1. The second kappa shape index (κ2) is 6.72. The van der Waals surface area contributed by atoms with Crippen molar-refractivity contribution in [2.75, 3.05) is 6.54 Å². The molecule has 1 saturated heterocycles.